The molecule has 1 aromatic rings. The Morgan fingerprint density at radius 3 is 2.40 bits per heavy atom. The molecule has 1 rings (SSSR count). The Labute approximate surface area is 96.8 Å². The lowest BCUT2D eigenvalue weighted by atomic mass is 9.82. The van der Waals surface area contributed by atoms with Gasteiger partial charge in [0.15, 0.2) is 0 Å². The Balaban J connectivity index is 3.18. The van der Waals surface area contributed by atoms with Crippen molar-refractivity contribution in [2.24, 2.45) is 5.41 Å². The minimum atomic E-state index is 0.105. The summed E-state index contributed by atoms with van der Waals surface area (Å²) in [6, 6.07) is 5.81. The van der Waals surface area contributed by atoms with Crippen LogP contribution >= 0.6 is 11.6 Å². The van der Waals surface area contributed by atoms with Crippen molar-refractivity contribution in [3.63, 3.8) is 0 Å². The molecule has 0 aliphatic heterocycles. The van der Waals surface area contributed by atoms with Gasteiger partial charge in [0.2, 0.25) is 0 Å². The molecule has 3 heteroatoms. The Hall–Kier alpha value is -0.730. The Morgan fingerprint density at radius 1 is 1.33 bits per heavy atom. The van der Waals surface area contributed by atoms with Crippen LogP contribution in [0.25, 0.3) is 0 Å². The highest BCUT2D eigenvalue weighted by molar-refractivity contribution is 6.30. The number of nitrogen functional groups attached to an aromatic ring is 1. The normalized spacial score (nSPS) is 13.9. The molecule has 1 aromatic carbocycles. The molecule has 0 radical (unpaired) electrons. The monoisotopic (exact) mass is 226 g/mol. The Kier molecular flexibility index (Phi) is 3.63. The molecule has 2 nitrogen and oxygen atoms in total. The van der Waals surface area contributed by atoms with E-state index in [2.05, 4.69) is 26.1 Å². The van der Waals surface area contributed by atoms with E-state index in [0.717, 1.165) is 16.3 Å². The van der Waals surface area contributed by atoms with Crippen molar-refractivity contribution in [1.82, 2.24) is 5.32 Å². The summed E-state index contributed by atoms with van der Waals surface area (Å²) < 4.78 is 0. The highest BCUT2D eigenvalue weighted by atomic mass is 35.5. The van der Waals surface area contributed by atoms with E-state index in [4.69, 9.17) is 17.3 Å². The minimum Gasteiger partial charge on any atom is -0.398 e. The molecular weight excluding hydrogens is 208 g/mol. The summed E-state index contributed by atoms with van der Waals surface area (Å²) in [4.78, 5) is 0. The van der Waals surface area contributed by atoms with Crippen LogP contribution in [0, 0.1) is 5.41 Å². The van der Waals surface area contributed by atoms with E-state index in [1.165, 1.54) is 0 Å². The maximum absolute atomic E-state index is 5.98. The Morgan fingerprint density at radius 2 is 1.93 bits per heavy atom. The van der Waals surface area contributed by atoms with Crippen molar-refractivity contribution >= 4 is 17.3 Å². The van der Waals surface area contributed by atoms with Gasteiger partial charge in [-0.1, -0.05) is 32.4 Å². The second kappa shape index (κ2) is 4.42. The van der Waals surface area contributed by atoms with Crippen LogP contribution in [0.5, 0.6) is 0 Å². The zero-order chi connectivity index (χ0) is 11.6. The average Bonchev–Trinajstić information content (AvgIpc) is 2.10. The standard InChI is InChI=1S/C12H19ClN2/c1-12(2,3)11(15-4)9-7-8(13)5-6-10(9)14/h5-7,11,15H,14H2,1-4H3/t11-/m1/s1. The Bertz CT molecular complexity index is 342. The summed E-state index contributed by atoms with van der Waals surface area (Å²) in [5.74, 6) is 0. The number of rotatable bonds is 2. The third kappa shape index (κ3) is 2.86. The van der Waals surface area contributed by atoms with Gasteiger partial charge in [0, 0.05) is 16.8 Å². The quantitative estimate of drug-likeness (QED) is 0.760. The maximum atomic E-state index is 5.98. The van der Waals surface area contributed by atoms with Crippen LogP contribution in [0.2, 0.25) is 5.02 Å². The molecule has 0 saturated carbocycles. The largest absolute Gasteiger partial charge is 0.398 e. The molecule has 0 bridgehead atoms. The topological polar surface area (TPSA) is 38.0 Å². The van der Waals surface area contributed by atoms with Crippen LogP contribution < -0.4 is 11.1 Å². The third-order valence-electron chi connectivity index (χ3n) is 2.51. The first kappa shape index (κ1) is 12.3. The van der Waals surface area contributed by atoms with E-state index in [9.17, 15) is 0 Å². The van der Waals surface area contributed by atoms with Gasteiger partial charge in [-0.2, -0.15) is 0 Å². The SMILES string of the molecule is CN[C@H](c1cc(Cl)ccc1N)C(C)(C)C. The first-order valence-corrected chi connectivity index (χ1v) is 5.46. The summed E-state index contributed by atoms with van der Waals surface area (Å²) in [7, 11) is 1.94. The third-order valence-corrected chi connectivity index (χ3v) is 2.75. The molecule has 0 saturated heterocycles. The van der Waals surface area contributed by atoms with Gasteiger partial charge in [-0.05, 0) is 36.2 Å². The number of nitrogens with two attached hydrogens (primary N) is 1. The second-order valence-electron chi connectivity index (χ2n) is 4.86. The molecule has 0 aliphatic rings. The van der Waals surface area contributed by atoms with Crippen LogP contribution in [0.3, 0.4) is 0 Å². The van der Waals surface area contributed by atoms with Crippen LogP contribution in [0.15, 0.2) is 18.2 Å². The van der Waals surface area contributed by atoms with Gasteiger partial charge >= 0.3 is 0 Å². The van der Waals surface area contributed by atoms with E-state index in [-0.39, 0.29) is 11.5 Å². The number of halogens is 1. The molecular formula is C12H19ClN2. The number of hydrogen-bond donors (Lipinski definition) is 2. The predicted molar refractivity (Wildman–Crippen MR) is 67.1 cm³/mol. The number of benzene rings is 1. The molecule has 15 heavy (non-hydrogen) atoms. The zero-order valence-corrected chi connectivity index (χ0v) is 10.5. The van der Waals surface area contributed by atoms with Crippen molar-refractivity contribution in [1.29, 1.82) is 0 Å². The van der Waals surface area contributed by atoms with Gasteiger partial charge in [0.1, 0.15) is 0 Å². The molecule has 0 aliphatic carbocycles. The molecule has 1 atom stereocenters. The molecule has 0 spiro atoms. The van der Waals surface area contributed by atoms with Crippen LogP contribution in [-0.2, 0) is 0 Å². The zero-order valence-electron chi connectivity index (χ0n) is 9.76. The molecule has 0 unspecified atom stereocenters. The lowest BCUT2D eigenvalue weighted by molar-refractivity contribution is 0.288. The summed E-state index contributed by atoms with van der Waals surface area (Å²) in [5.41, 5.74) is 7.92. The van der Waals surface area contributed by atoms with Gasteiger partial charge < -0.3 is 11.1 Å². The van der Waals surface area contributed by atoms with Crippen molar-refractivity contribution < 1.29 is 0 Å². The summed E-state index contributed by atoms with van der Waals surface area (Å²) >= 11 is 5.98. The fourth-order valence-electron chi connectivity index (χ4n) is 1.85. The first-order valence-electron chi connectivity index (χ1n) is 5.08. The highest BCUT2D eigenvalue weighted by Gasteiger charge is 2.26. The number of anilines is 1. The van der Waals surface area contributed by atoms with Gasteiger partial charge in [-0.15, -0.1) is 0 Å². The van der Waals surface area contributed by atoms with Crippen molar-refractivity contribution in [3.8, 4) is 0 Å². The van der Waals surface area contributed by atoms with Gasteiger partial charge in [-0.25, -0.2) is 0 Å². The smallest absolute Gasteiger partial charge is 0.0410 e. The fourth-order valence-corrected chi connectivity index (χ4v) is 2.03. The van der Waals surface area contributed by atoms with Crippen molar-refractivity contribution in [2.45, 2.75) is 26.8 Å². The lowest BCUT2D eigenvalue weighted by Crippen LogP contribution is -2.30. The molecule has 0 fully saturated rings. The highest BCUT2D eigenvalue weighted by Crippen LogP contribution is 2.36. The predicted octanol–water partition coefficient (Wildman–Crippen LogP) is 3.23. The van der Waals surface area contributed by atoms with Gasteiger partial charge in [-0.3, -0.25) is 0 Å². The second-order valence-corrected chi connectivity index (χ2v) is 5.30. The fraction of sp³-hybridized carbons (Fsp3) is 0.500. The van der Waals surface area contributed by atoms with E-state index in [1.807, 2.05) is 25.2 Å². The summed E-state index contributed by atoms with van der Waals surface area (Å²) in [5, 5.41) is 4.01. The number of nitrogens with one attached hydrogen (secondary N) is 1. The van der Waals surface area contributed by atoms with Crippen LogP contribution in [0.1, 0.15) is 32.4 Å². The first-order chi connectivity index (χ1) is 6.86. The van der Waals surface area contributed by atoms with Crippen LogP contribution in [0.4, 0.5) is 5.69 Å². The van der Waals surface area contributed by atoms with Gasteiger partial charge in [0.05, 0.1) is 0 Å². The molecule has 84 valence electrons. The van der Waals surface area contributed by atoms with Crippen LogP contribution in [-0.4, -0.2) is 7.05 Å². The van der Waals surface area contributed by atoms with E-state index < -0.39 is 0 Å². The minimum absolute atomic E-state index is 0.105. The van der Waals surface area contributed by atoms with Crippen molar-refractivity contribution in [2.75, 3.05) is 12.8 Å². The summed E-state index contributed by atoms with van der Waals surface area (Å²) in [6.45, 7) is 6.53. The average molecular weight is 227 g/mol. The molecule has 3 N–H and O–H groups in total. The molecule has 0 heterocycles. The van der Waals surface area contributed by atoms with E-state index in [1.54, 1.807) is 0 Å². The molecule has 0 amide bonds. The summed E-state index contributed by atoms with van der Waals surface area (Å²) in [6.07, 6.45) is 0. The van der Waals surface area contributed by atoms with E-state index >= 15 is 0 Å². The maximum Gasteiger partial charge on any atom is 0.0410 e. The van der Waals surface area contributed by atoms with Crippen molar-refractivity contribution in [3.05, 3.63) is 28.8 Å². The van der Waals surface area contributed by atoms with E-state index in [0.29, 0.717) is 0 Å². The lowest BCUT2D eigenvalue weighted by Gasteiger charge is -2.31. The van der Waals surface area contributed by atoms with Gasteiger partial charge in [0.25, 0.3) is 0 Å². The molecule has 0 aromatic heterocycles. The number of hydrogen-bond acceptors (Lipinski definition) is 2.